The van der Waals surface area contributed by atoms with Crippen molar-refractivity contribution in [3.63, 3.8) is 0 Å². The van der Waals surface area contributed by atoms with E-state index in [2.05, 4.69) is 9.36 Å². The average Bonchev–Trinajstić information content (AvgIpc) is 3.16. The van der Waals surface area contributed by atoms with Crippen LogP contribution in [0.25, 0.3) is 0 Å². The molecule has 0 N–H and O–H groups in total. The van der Waals surface area contributed by atoms with E-state index in [1.54, 1.807) is 6.07 Å². The lowest BCUT2D eigenvalue weighted by Gasteiger charge is -2.32. The molecule has 1 aliphatic heterocycles. The zero-order valence-electron chi connectivity index (χ0n) is 11.8. The number of rotatable bonds is 3. The van der Waals surface area contributed by atoms with Crippen LogP contribution in [0.15, 0.2) is 21.6 Å². The molecule has 0 atom stereocenters. The van der Waals surface area contributed by atoms with Crippen molar-refractivity contribution >= 4 is 26.7 Å². The minimum absolute atomic E-state index is 0.0125. The molecule has 0 unspecified atom stereocenters. The number of piperazine rings is 1. The Kier molecular flexibility index (Phi) is 3.86. The van der Waals surface area contributed by atoms with Crippen LogP contribution in [-0.2, 0) is 10.0 Å². The van der Waals surface area contributed by atoms with Crippen molar-refractivity contribution in [1.29, 1.82) is 5.26 Å². The third-order valence-electron chi connectivity index (χ3n) is 3.31. The number of aryl methyl sites for hydroxylation is 1. The number of hydrogen-bond acceptors (Lipinski definition) is 8. The molecule has 116 valence electrons. The highest BCUT2D eigenvalue weighted by molar-refractivity contribution is 7.89. The molecule has 1 saturated heterocycles. The zero-order valence-corrected chi connectivity index (χ0v) is 13.4. The molecule has 8 nitrogen and oxygen atoms in total. The van der Waals surface area contributed by atoms with E-state index in [0.29, 0.717) is 26.2 Å². The maximum atomic E-state index is 12.4. The third-order valence-corrected chi connectivity index (χ3v) is 5.95. The van der Waals surface area contributed by atoms with Crippen molar-refractivity contribution in [2.75, 3.05) is 31.1 Å². The van der Waals surface area contributed by atoms with Crippen molar-refractivity contribution in [3.05, 3.63) is 23.7 Å². The van der Waals surface area contributed by atoms with E-state index in [9.17, 15) is 8.42 Å². The molecule has 22 heavy (non-hydrogen) atoms. The van der Waals surface area contributed by atoms with Crippen LogP contribution in [0.2, 0.25) is 0 Å². The monoisotopic (exact) mass is 339 g/mol. The smallest absolute Gasteiger partial charge is 0.276 e. The summed E-state index contributed by atoms with van der Waals surface area (Å²) in [6.07, 6.45) is 0. The summed E-state index contributed by atoms with van der Waals surface area (Å²) in [5.41, 5.74) is 0. The van der Waals surface area contributed by atoms with E-state index in [0.717, 1.165) is 11.0 Å². The molecule has 0 saturated carbocycles. The number of anilines is 1. The first-order chi connectivity index (χ1) is 10.5. The van der Waals surface area contributed by atoms with Crippen LogP contribution >= 0.6 is 11.5 Å². The van der Waals surface area contributed by atoms with Gasteiger partial charge in [-0.2, -0.15) is 13.9 Å². The van der Waals surface area contributed by atoms with Gasteiger partial charge in [0.25, 0.3) is 10.0 Å². The van der Waals surface area contributed by atoms with E-state index in [-0.39, 0.29) is 10.9 Å². The first-order valence-corrected chi connectivity index (χ1v) is 8.77. The lowest BCUT2D eigenvalue weighted by molar-refractivity contribution is 0.360. The van der Waals surface area contributed by atoms with Gasteiger partial charge in [0, 0.05) is 37.7 Å². The topological polar surface area (TPSA) is 103 Å². The van der Waals surface area contributed by atoms with Gasteiger partial charge in [-0.05, 0) is 19.1 Å². The van der Waals surface area contributed by atoms with Gasteiger partial charge in [-0.15, -0.1) is 0 Å². The molecule has 10 heteroatoms. The highest BCUT2D eigenvalue weighted by atomic mass is 32.2. The van der Waals surface area contributed by atoms with E-state index >= 15 is 0 Å². The first-order valence-electron chi connectivity index (χ1n) is 6.56. The fourth-order valence-electron chi connectivity index (χ4n) is 2.18. The van der Waals surface area contributed by atoms with Gasteiger partial charge in [0.2, 0.25) is 16.0 Å². The molecule has 0 amide bonds. The number of nitrogens with zero attached hydrogens (tertiary/aromatic N) is 5. The number of aromatic nitrogens is 2. The van der Waals surface area contributed by atoms with E-state index in [4.69, 9.17) is 9.68 Å². The van der Waals surface area contributed by atoms with Crippen LogP contribution in [0.1, 0.15) is 11.6 Å². The normalized spacial score (nSPS) is 16.6. The van der Waals surface area contributed by atoms with Crippen LogP contribution < -0.4 is 4.90 Å². The molecule has 0 bridgehead atoms. The Morgan fingerprint density at radius 1 is 1.32 bits per heavy atom. The molecule has 3 rings (SSSR count). The quantitative estimate of drug-likeness (QED) is 0.815. The van der Waals surface area contributed by atoms with E-state index < -0.39 is 10.0 Å². The van der Waals surface area contributed by atoms with Crippen molar-refractivity contribution in [3.8, 4) is 6.07 Å². The molecule has 1 fully saturated rings. The summed E-state index contributed by atoms with van der Waals surface area (Å²) in [4.78, 5) is 6.32. The Morgan fingerprint density at radius 3 is 2.59 bits per heavy atom. The predicted molar refractivity (Wildman–Crippen MR) is 79.0 cm³/mol. The fourth-order valence-corrected chi connectivity index (χ4v) is 4.24. The minimum atomic E-state index is -3.70. The molecule has 3 heterocycles. The summed E-state index contributed by atoms with van der Waals surface area (Å²) < 4.78 is 35.4. The van der Waals surface area contributed by atoms with Crippen molar-refractivity contribution in [2.24, 2.45) is 0 Å². The summed E-state index contributed by atoms with van der Waals surface area (Å²) in [6.45, 7) is 3.58. The van der Waals surface area contributed by atoms with Gasteiger partial charge < -0.3 is 9.32 Å². The van der Waals surface area contributed by atoms with E-state index in [1.807, 2.05) is 11.8 Å². The Morgan fingerprint density at radius 2 is 2.05 bits per heavy atom. The molecule has 2 aromatic heterocycles. The molecule has 0 radical (unpaired) electrons. The van der Waals surface area contributed by atoms with Gasteiger partial charge >= 0.3 is 0 Å². The number of hydrogen-bond donors (Lipinski definition) is 0. The standard InChI is InChI=1S/C12H13N5O3S2/c1-9-14-12(21-15-9)16-4-6-17(7-5-16)22(18,19)11-3-2-10(8-13)20-11/h2-3H,4-7H2,1H3. The second kappa shape index (κ2) is 5.68. The van der Waals surface area contributed by atoms with Crippen molar-refractivity contribution in [1.82, 2.24) is 13.7 Å². The Balaban J connectivity index is 1.71. The van der Waals surface area contributed by atoms with E-state index in [1.165, 1.54) is 28.0 Å². The van der Waals surface area contributed by atoms with Crippen LogP contribution in [0, 0.1) is 18.3 Å². The molecular weight excluding hydrogens is 326 g/mol. The lowest BCUT2D eigenvalue weighted by Crippen LogP contribution is -2.48. The van der Waals surface area contributed by atoms with Gasteiger partial charge in [-0.25, -0.2) is 13.4 Å². The van der Waals surface area contributed by atoms with Gasteiger partial charge in [0.15, 0.2) is 0 Å². The number of nitriles is 1. The summed E-state index contributed by atoms with van der Waals surface area (Å²) in [7, 11) is -3.70. The summed E-state index contributed by atoms with van der Waals surface area (Å²) in [6, 6.07) is 4.45. The SMILES string of the molecule is Cc1nsc(N2CCN(S(=O)(=O)c3ccc(C#N)o3)CC2)n1. The third kappa shape index (κ3) is 2.70. The molecule has 2 aromatic rings. The van der Waals surface area contributed by atoms with Crippen molar-refractivity contribution in [2.45, 2.75) is 12.0 Å². The van der Waals surface area contributed by atoms with Gasteiger partial charge in [-0.1, -0.05) is 0 Å². The molecule has 0 spiro atoms. The maximum Gasteiger partial charge on any atom is 0.276 e. The average molecular weight is 339 g/mol. The predicted octanol–water partition coefficient (Wildman–Crippen LogP) is 0.822. The van der Waals surface area contributed by atoms with Gasteiger partial charge in [0.05, 0.1) is 0 Å². The summed E-state index contributed by atoms with van der Waals surface area (Å²) >= 11 is 1.31. The second-order valence-electron chi connectivity index (χ2n) is 4.75. The Hall–Kier alpha value is -1.96. The first kappa shape index (κ1) is 15.0. The van der Waals surface area contributed by atoms with Crippen LogP contribution in [-0.4, -0.2) is 48.3 Å². The summed E-state index contributed by atoms with van der Waals surface area (Å²) in [5, 5.41) is 9.33. The van der Waals surface area contributed by atoms with Gasteiger partial charge in [0.1, 0.15) is 11.9 Å². The highest BCUT2D eigenvalue weighted by Crippen LogP contribution is 2.23. The molecule has 1 aliphatic rings. The van der Waals surface area contributed by atoms with Crippen LogP contribution in [0.5, 0.6) is 0 Å². The highest BCUT2D eigenvalue weighted by Gasteiger charge is 2.31. The minimum Gasteiger partial charge on any atom is -0.433 e. The fraction of sp³-hybridized carbons (Fsp3) is 0.417. The summed E-state index contributed by atoms with van der Waals surface area (Å²) in [5.74, 6) is 0.705. The Labute approximate surface area is 131 Å². The van der Waals surface area contributed by atoms with Gasteiger partial charge in [-0.3, -0.25) is 0 Å². The zero-order chi connectivity index (χ0) is 15.7. The number of furan rings is 1. The molecule has 0 aliphatic carbocycles. The number of sulfonamides is 1. The molecule has 0 aromatic carbocycles. The maximum absolute atomic E-state index is 12.4. The Bertz CT molecular complexity index is 812. The van der Waals surface area contributed by atoms with Crippen molar-refractivity contribution < 1.29 is 12.8 Å². The lowest BCUT2D eigenvalue weighted by atomic mass is 10.4. The largest absolute Gasteiger partial charge is 0.433 e. The molecular formula is C12H13N5O3S2. The second-order valence-corrected chi connectivity index (χ2v) is 7.34. The van der Waals surface area contributed by atoms with Crippen LogP contribution in [0.4, 0.5) is 5.13 Å². The van der Waals surface area contributed by atoms with Crippen LogP contribution in [0.3, 0.4) is 0 Å².